The zero-order valence-corrected chi connectivity index (χ0v) is 13.8. The fourth-order valence-electron chi connectivity index (χ4n) is 2.66. The molecule has 0 amide bonds. The quantitative estimate of drug-likeness (QED) is 0.624. The van der Waals surface area contributed by atoms with Crippen LogP contribution in [0.15, 0.2) is 36.4 Å². The molecule has 0 saturated carbocycles. The van der Waals surface area contributed by atoms with Crippen LogP contribution in [0.2, 0.25) is 0 Å². The first-order valence-electron chi connectivity index (χ1n) is 7.34. The number of hydrogen-bond donors (Lipinski definition) is 0. The van der Waals surface area contributed by atoms with Gasteiger partial charge in [0.2, 0.25) is 5.78 Å². The Kier molecular flexibility index (Phi) is 5.16. The van der Waals surface area contributed by atoms with Crippen LogP contribution in [0.3, 0.4) is 0 Å². The molecule has 2 rings (SSSR count). The van der Waals surface area contributed by atoms with Crippen molar-refractivity contribution in [3.05, 3.63) is 64.2 Å². The number of benzene rings is 2. The summed E-state index contributed by atoms with van der Waals surface area (Å²) in [7, 11) is 1.52. The number of rotatable bonds is 5. The topological polar surface area (TPSA) is 52.6 Å². The van der Waals surface area contributed by atoms with E-state index in [1.807, 2.05) is 32.9 Å². The molecule has 120 valence electrons. The minimum atomic E-state index is -0.542. The van der Waals surface area contributed by atoms with Crippen molar-refractivity contribution in [1.29, 1.82) is 0 Å². The van der Waals surface area contributed by atoms with Crippen molar-refractivity contribution in [1.82, 2.24) is 0 Å². The van der Waals surface area contributed by atoms with E-state index in [9.17, 15) is 9.59 Å². The first kappa shape index (κ1) is 16.7. The number of carbonyl (C=O) groups excluding carboxylic acids is 2. The van der Waals surface area contributed by atoms with Gasteiger partial charge in [0.25, 0.3) is 0 Å². The van der Waals surface area contributed by atoms with Crippen molar-refractivity contribution in [3.8, 4) is 5.75 Å². The van der Waals surface area contributed by atoms with Gasteiger partial charge in [-0.15, -0.1) is 0 Å². The van der Waals surface area contributed by atoms with E-state index in [-0.39, 0.29) is 12.4 Å². The maximum Gasteiger partial charge on any atom is 0.338 e. The average molecular weight is 312 g/mol. The molecule has 0 spiro atoms. The Morgan fingerprint density at radius 3 is 2.26 bits per heavy atom. The Labute approximate surface area is 136 Å². The molecular formula is C19H20O4. The monoisotopic (exact) mass is 312 g/mol. The highest BCUT2D eigenvalue weighted by atomic mass is 16.5. The molecule has 0 radical (unpaired) electrons. The molecule has 0 saturated heterocycles. The van der Waals surface area contributed by atoms with Gasteiger partial charge < -0.3 is 9.47 Å². The number of ether oxygens (including phenoxy) is 2. The fourth-order valence-corrected chi connectivity index (χ4v) is 2.66. The smallest absolute Gasteiger partial charge is 0.338 e. The fraction of sp³-hybridized carbons (Fsp3) is 0.263. The second-order valence-electron chi connectivity index (χ2n) is 5.50. The summed E-state index contributed by atoms with van der Waals surface area (Å²) in [5.41, 5.74) is 3.86. The van der Waals surface area contributed by atoms with Gasteiger partial charge in [0.05, 0.1) is 12.7 Å². The number of carbonyl (C=O) groups is 2. The van der Waals surface area contributed by atoms with Crippen molar-refractivity contribution in [3.63, 3.8) is 0 Å². The van der Waals surface area contributed by atoms with E-state index in [0.29, 0.717) is 16.9 Å². The summed E-state index contributed by atoms with van der Waals surface area (Å²) in [6.07, 6.45) is 0. The lowest BCUT2D eigenvalue weighted by Crippen LogP contribution is -2.16. The summed E-state index contributed by atoms with van der Waals surface area (Å²) in [6, 6.07) is 10.5. The molecule has 0 aromatic heterocycles. The maximum absolute atomic E-state index is 12.4. The zero-order chi connectivity index (χ0) is 17.0. The van der Waals surface area contributed by atoms with Gasteiger partial charge in [0.1, 0.15) is 5.75 Å². The van der Waals surface area contributed by atoms with Gasteiger partial charge >= 0.3 is 5.97 Å². The third-order valence-electron chi connectivity index (χ3n) is 3.60. The molecule has 4 nitrogen and oxygen atoms in total. The molecule has 0 unspecified atom stereocenters. The van der Waals surface area contributed by atoms with E-state index >= 15 is 0 Å². The minimum absolute atomic E-state index is 0.198. The Morgan fingerprint density at radius 1 is 1.00 bits per heavy atom. The van der Waals surface area contributed by atoms with Crippen molar-refractivity contribution in [2.45, 2.75) is 20.8 Å². The summed E-state index contributed by atoms with van der Waals surface area (Å²) in [5, 5.41) is 0. The van der Waals surface area contributed by atoms with Gasteiger partial charge in [-0.25, -0.2) is 4.79 Å². The molecular weight excluding hydrogens is 292 g/mol. The highest BCUT2D eigenvalue weighted by Gasteiger charge is 2.16. The molecule has 0 atom stereocenters. The first-order chi connectivity index (χ1) is 10.9. The van der Waals surface area contributed by atoms with Crippen LogP contribution >= 0.6 is 0 Å². The van der Waals surface area contributed by atoms with Crippen LogP contribution in [0.1, 0.15) is 37.4 Å². The van der Waals surface area contributed by atoms with E-state index in [2.05, 4.69) is 0 Å². The van der Waals surface area contributed by atoms with Crippen molar-refractivity contribution >= 4 is 11.8 Å². The number of hydrogen-bond acceptors (Lipinski definition) is 4. The van der Waals surface area contributed by atoms with Gasteiger partial charge in [-0.2, -0.15) is 0 Å². The van der Waals surface area contributed by atoms with Crippen LogP contribution < -0.4 is 4.74 Å². The standard InChI is InChI=1S/C19H20O4/c1-12-8-13(2)18(14(3)9-12)17(20)11-23-19(21)15-6-5-7-16(10-15)22-4/h5-10H,11H2,1-4H3. The first-order valence-corrected chi connectivity index (χ1v) is 7.34. The SMILES string of the molecule is COc1cccc(C(=O)OCC(=O)c2c(C)cc(C)cc2C)c1. The number of methoxy groups -OCH3 is 1. The van der Waals surface area contributed by atoms with Crippen LogP contribution in [0, 0.1) is 20.8 Å². The summed E-state index contributed by atoms with van der Waals surface area (Å²) in [5.74, 6) is -0.174. The lowest BCUT2D eigenvalue weighted by atomic mass is 9.97. The highest BCUT2D eigenvalue weighted by molar-refractivity contribution is 6.01. The normalized spacial score (nSPS) is 10.3. The summed E-state index contributed by atoms with van der Waals surface area (Å²) in [6.45, 7) is 5.48. The van der Waals surface area contributed by atoms with Crippen LogP contribution in [0.5, 0.6) is 5.75 Å². The van der Waals surface area contributed by atoms with Crippen LogP contribution in [-0.2, 0) is 4.74 Å². The summed E-state index contributed by atoms with van der Waals surface area (Å²) >= 11 is 0. The molecule has 23 heavy (non-hydrogen) atoms. The van der Waals surface area contributed by atoms with Crippen LogP contribution in [0.25, 0.3) is 0 Å². The Hall–Kier alpha value is -2.62. The third-order valence-corrected chi connectivity index (χ3v) is 3.60. The maximum atomic E-state index is 12.4. The molecule has 0 N–H and O–H groups in total. The van der Waals surface area contributed by atoms with Gasteiger partial charge in [-0.05, 0) is 50.1 Å². The van der Waals surface area contributed by atoms with Gasteiger partial charge in [0, 0.05) is 5.56 Å². The molecule has 0 bridgehead atoms. The Balaban J connectivity index is 2.08. The van der Waals surface area contributed by atoms with Gasteiger partial charge in [-0.3, -0.25) is 4.79 Å². The molecule has 4 heteroatoms. The lowest BCUT2D eigenvalue weighted by Gasteiger charge is -2.11. The van der Waals surface area contributed by atoms with Crippen molar-refractivity contribution in [2.75, 3.05) is 13.7 Å². The second kappa shape index (κ2) is 7.09. The number of aryl methyl sites for hydroxylation is 3. The van der Waals surface area contributed by atoms with Gasteiger partial charge in [0.15, 0.2) is 6.61 Å². The predicted molar refractivity (Wildman–Crippen MR) is 88.3 cm³/mol. The minimum Gasteiger partial charge on any atom is -0.497 e. The number of Topliss-reactive ketones (excluding diaryl/α,β-unsaturated/α-hetero) is 1. The molecule has 2 aromatic carbocycles. The Morgan fingerprint density at radius 2 is 1.65 bits per heavy atom. The molecule has 0 aliphatic rings. The second-order valence-corrected chi connectivity index (χ2v) is 5.50. The summed E-state index contributed by atoms with van der Waals surface area (Å²) < 4.78 is 10.2. The van der Waals surface area contributed by atoms with E-state index in [0.717, 1.165) is 16.7 Å². The molecule has 0 aliphatic carbocycles. The molecule has 0 heterocycles. The van der Waals surface area contributed by atoms with Gasteiger partial charge in [-0.1, -0.05) is 23.8 Å². The van der Waals surface area contributed by atoms with E-state index < -0.39 is 5.97 Å². The zero-order valence-electron chi connectivity index (χ0n) is 13.8. The highest BCUT2D eigenvalue weighted by Crippen LogP contribution is 2.18. The van der Waals surface area contributed by atoms with Crippen molar-refractivity contribution in [2.24, 2.45) is 0 Å². The van der Waals surface area contributed by atoms with Crippen molar-refractivity contribution < 1.29 is 19.1 Å². The van der Waals surface area contributed by atoms with E-state index in [1.165, 1.54) is 7.11 Å². The third kappa shape index (κ3) is 3.97. The Bertz CT molecular complexity index is 724. The molecule has 0 aliphatic heterocycles. The molecule has 2 aromatic rings. The average Bonchev–Trinajstić information content (AvgIpc) is 2.51. The van der Waals surface area contributed by atoms with Crippen LogP contribution in [-0.4, -0.2) is 25.5 Å². The molecule has 0 fully saturated rings. The van der Waals surface area contributed by atoms with Crippen LogP contribution in [0.4, 0.5) is 0 Å². The summed E-state index contributed by atoms with van der Waals surface area (Å²) in [4.78, 5) is 24.4. The largest absolute Gasteiger partial charge is 0.497 e. The number of esters is 1. The predicted octanol–water partition coefficient (Wildman–Crippen LogP) is 3.66. The lowest BCUT2D eigenvalue weighted by molar-refractivity contribution is 0.0474. The van der Waals surface area contributed by atoms with E-state index in [4.69, 9.17) is 9.47 Å². The number of ketones is 1. The van der Waals surface area contributed by atoms with E-state index in [1.54, 1.807) is 24.3 Å².